The van der Waals surface area contributed by atoms with Crippen molar-refractivity contribution in [3.8, 4) is 11.5 Å². The van der Waals surface area contributed by atoms with Gasteiger partial charge in [0.05, 0.1) is 10.6 Å². The zero-order valence-corrected chi connectivity index (χ0v) is 18.5. The molecule has 0 aromatic heterocycles. The van der Waals surface area contributed by atoms with E-state index in [2.05, 4.69) is 36.1 Å². The Hall–Kier alpha value is -3.15. The highest BCUT2D eigenvalue weighted by molar-refractivity contribution is 6.32. The lowest BCUT2D eigenvalue weighted by Crippen LogP contribution is -2.32. The Kier molecular flexibility index (Phi) is 5.24. The van der Waals surface area contributed by atoms with Gasteiger partial charge in [-0.3, -0.25) is 9.69 Å². The minimum Gasteiger partial charge on any atom is -0.477 e. The number of ketones is 1. The topological polar surface area (TPSA) is 38.8 Å². The average Bonchev–Trinajstić information content (AvgIpc) is 3.08. The molecule has 0 saturated carbocycles. The highest BCUT2D eigenvalue weighted by atomic mass is 35.5. The number of aryl methyl sites for hydroxylation is 1. The maximum Gasteiger partial charge on any atom is 0.231 e. The van der Waals surface area contributed by atoms with Crippen molar-refractivity contribution in [1.82, 2.24) is 4.90 Å². The van der Waals surface area contributed by atoms with E-state index in [4.69, 9.17) is 21.1 Å². The third kappa shape index (κ3) is 3.68. The van der Waals surface area contributed by atoms with Gasteiger partial charge >= 0.3 is 0 Å². The van der Waals surface area contributed by atoms with Crippen LogP contribution in [0.1, 0.15) is 38.2 Å². The molecule has 0 spiro atoms. The summed E-state index contributed by atoms with van der Waals surface area (Å²) in [7, 11) is 0. The molecule has 0 amide bonds. The number of hydrogen-bond donors (Lipinski definition) is 0. The Morgan fingerprint density at radius 3 is 2.66 bits per heavy atom. The van der Waals surface area contributed by atoms with Crippen LogP contribution in [0, 0.1) is 19.7 Å². The zero-order valence-electron chi connectivity index (χ0n) is 17.7. The van der Waals surface area contributed by atoms with E-state index in [-0.39, 0.29) is 22.1 Å². The molecule has 3 aromatic carbocycles. The lowest BCUT2D eigenvalue weighted by Gasteiger charge is -2.30. The highest BCUT2D eigenvalue weighted by Crippen LogP contribution is 2.43. The van der Waals surface area contributed by atoms with Gasteiger partial charge in [0.15, 0.2) is 5.76 Å². The maximum atomic E-state index is 14.2. The predicted octanol–water partition coefficient (Wildman–Crippen LogP) is 6.06. The van der Waals surface area contributed by atoms with Crippen LogP contribution in [0.5, 0.6) is 11.5 Å². The lowest BCUT2D eigenvalue weighted by molar-refractivity contribution is 0.0876. The number of carbonyl (C=O) groups excluding carboxylic acids is 1. The van der Waals surface area contributed by atoms with Gasteiger partial charge in [-0.25, -0.2) is 4.39 Å². The molecule has 162 valence electrons. The number of ether oxygens (including phenoxy) is 2. The molecule has 2 aliphatic rings. The summed E-state index contributed by atoms with van der Waals surface area (Å²) in [4.78, 5) is 15.2. The van der Waals surface area contributed by atoms with Crippen LogP contribution in [-0.2, 0) is 13.1 Å². The minimum atomic E-state index is -0.511. The first-order valence-electron chi connectivity index (χ1n) is 10.4. The van der Waals surface area contributed by atoms with E-state index in [9.17, 15) is 9.18 Å². The van der Waals surface area contributed by atoms with Crippen LogP contribution in [0.2, 0.25) is 5.02 Å². The molecule has 4 nitrogen and oxygen atoms in total. The summed E-state index contributed by atoms with van der Waals surface area (Å²) in [5, 5.41) is 0.218. The monoisotopic (exact) mass is 449 g/mol. The second kappa shape index (κ2) is 8.08. The standard InChI is InChI=1S/C26H21ClFNO3/c1-15-6-8-17(9-7-15)12-29-13-18-10-20-24(30)23(11-19-21(27)4-3-5-22(19)28)32-26(20)16(2)25(18)31-14-29/h3-11H,12-14H2,1-2H3/b23-11-. The minimum absolute atomic E-state index is 0.0500. The average molecular weight is 450 g/mol. The molecule has 0 fully saturated rings. The largest absolute Gasteiger partial charge is 0.477 e. The summed E-state index contributed by atoms with van der Waals surface area (Å²) in [6.07, 6.45) is 1.36. The molecule has 0 atom stereocenters. The van der Waals surface area contributed by atoms with Crippen LogP contribution >= 0.6 is 11.6 Å². The molecule has 5 rings (SSSR count). The highest BCUT2D eigenvalue weighted by Gasteiger charge is 2.34. The Labute approximate surface area is 190 Å². The third-order valence-electron chi connectivity index (χ3n) is 5.80. The molecule has 3 aromatic rings. The quantitative estimate of drug-likeness (QED) is 0.455. The third-order valence-corrected chi connectivity index (χ3v) is 6.13. The summed E-state index contributed by atoms with van der Waals surface area (Å²) in [6.45, 7) is 5.79. The van der Waals surface area contributed by atoms with E-state index < -0.39 is 5.82 Å². The van der Waals surface area contributed by atoms with Crippen LogP contribution in [0.15, 0.2) is 54.3 Å². The Balaban J connectivity index is 1.44. The van der Waals surface area contributed by atoms with E-state index in [1.165, 1.54) is 29.3 Å². The maximum absolute atomic E-state index is 14.2. The summed E-state index contributed by atoms with van der Waals surface area (Å²) >= 11 is 6.12. The number of benzene rings is 3. The number of allylic oxidation sites excluding steroid dienone is 1. The zero-order chi connectivity index (χ0) is 22.4. The number of carbonyl (C=O) groups is 1. The van der Waals surface area contributed by atoms with Crippen molar-refractivity contribution in [3.63, 3.8) is 0 Å². The van der Waals surface area contributed by atoms with Gasteiger partial charge in [0.2, 0.25) is 5.78 Å². The van der Waals surface area contributed by atoms with Crippen molar-refractivity contribution in [2.45, 2.75) is 26.9 Å². The number of hydrogen-bond acceptors (Lipinski definition) is 4. The van der Waals surface area contributed by atoms with Gasteiger partial charge < -0.3 is 9.47 Å². The van der Waals surface area contributed by atoms with Crippen molar-refractivity contribution < 1.29 is 18.7 Å². The number of Topliss-reactive ketones (excluding diaryl/α,β-unsaturated/α-hetero) is 1. The van der Waals surface area contributed by atoms with Crippen LogP contribution in [0.3, 0.4) is 0 Å². The molecule has 0 N–H and O–H groups in total. The van der Waals surface area contributed by atoms with Crippen molar-refractivity contribution in [2.75, 3.05) is 6.73 Å². The first-order valence-corrected chi connectivity index (χ1v) is 10.7. The fourth-order valence-electron chi connectivity index (χ4n) is 4.13. The van der Waals surface area contributed by atoms with E-state index in [0.717, 1.165) is 23.4 Å². The van der Waals surface area contributed by atoms with Gasteiger partial charge in [0.25, 0.3) is 0 Å². The van der Waals surface area contributed by atoms with Crippen LogP contribution in [0.25, 0.3) is 6.08 Å². The van der Waals surface area contributed by atoms with E-state index in [1.807, 2.05) is 13.0 Å². The molecule has 2 aliphatic heterocycles. The molecule has 0 radical (unpaired) electrons. The van der Waals surface area contributed by atoms with Crippen molar-refractivity contribution >= 4 is 23.5 Å². The van der Waals surface area contributed by atoms with E-state index in [0.29, 0.717) is 24.6 Å². The number of nitrogens with zero attached hydrogens (tertiary/aromatic N) is 1. The molecule has 6 heteroatoms. The van der Waals surface area contributed by atoms with Gasteiger partial charge in [-0.05, 0) is 43.7 Å². The number of rotatable bonds is 3. The summed E-state index contributed by atoms with van der Waals surface area (Å²) < 4.78 is 26.1. The van der Waals surface area contributed by atoms with Crippen molar-refractivity contribution in [1.29, 1.82) is 0 Å². The Bertz CT molecular complexity index is 1250. The fraction of sp³-hybridized carbons (Fsp3) is 0.192. The first-order chi connectivity index (χ1) is 15.4. The van der Waals surface area contributed by atoms with E-state index in [1.54, 1.807) is 6.07 Å². The molecule has 2 heterocycles. The van der Waals surface area contributed by atoms with E-state index >= 15 is 0 Å². The normalized spacial score (nSPS) is 16.5. The molecular formula is C26H21ClFNO3. The second-order valence-corrected chi connectivity index (χ2v) is 8.59. The molecule has 0 saturated heterocycles. The number of halogens is 2. The van der Waals surface area contributed by atoms with Crippen LogP contribution in [-0.4, -0.2) is 17.4 Å². The summed E-state index contributed by atoms with van der Waals surface area (Å²) in [6, 6.07) is 14.6. The number of fused-ring (bicyclic) bond motifs is 2. The van der Waals surface area contributed by atoms with Crippen LogP contribution in [0.4, 0.5) is 4.39 Å². The predicted molar refractivity (Wildman–Crippen MR) is 121 cm³/mol. The van der Waals surface area contributed by atoms with Gasteiger partial charge in [-0.1, -0.05) is 47.5 Å². The summed E-state index contributed by atoms with van der Waals surface area (Å²) in [5.41, 5.74) is 4.71. The van der Waals surface area contributed by atoms with Gasteiger partial charge in [0.1, 0.15) is 24.0 Å². The first kappa shape index (κ1) is 20.7. The Morgan fingerprint density at radius 1 is 1.12 bits per heavy atom. The summed E-state index contributed by atoms with van der Waals surface area (Å²) in [5.74, 6) is 0.444. The SMILES string of the molecule is Cc1ccc(CN2COc3c(cc4c(c3C)O/C(=C\c3c(F)cccc3Cl)C4=O)C2)cc1. The van der Waals surface area contributed by atoms with Crippen LogP contribution < -0.4 is 9.47 Å². The molecule has 0 bridgehead atoms. The molecule has 32 heavy (non-hydrogen) atoms. The fourth-order valence-corrected chi connectivity index (χ4v) is 4.35. The molecule has 0 aliphatic carbocycles. The van der Waals surface area contributed by atoms with Gasteiger partial charge in [-0.15, -0.1) is 0 Å². The van der Waals surface area contributed by atoms with Crippen molar-refractivity contribution in [3.05, 3.63) is 98.5 Å². The second-order valence-electron chi connectivity index (χ2n) is 8.19. The van der Waals surface area contributed by atoms with Crippen molar-refractivity contribution in [2.24, 2.45) is 0 Å². The lowest BCUT2D eigenvalue weighted by atomic mass is 9.99. The smallest absolute Gasteiger partial charge is 0.231 e. The van der Waals surface area contributed by atoms with Gasteiger partial charge in [0, 0.05) is 29.8 Å². The Morgan fingerprint density at radius 2 is 1.91 bits per heavy atom. The molecular weight excluding hydrogens is 429 g/mol. The molecule has 0 unspecified atom stereocenters. The van der Waals surface area contributed by atoms with Gasteiger partial charge in [-0.2, -0.15) is 0 Å².